The van der Waals surface area contributed by atoms with E-state index in [2.05, 4.69) is 25.1 Å². The monoisotopic (exact) mass is 584 g/mol. The topological polar surface area (TPSA) is 159 Å². The Kier molecular flexibility index (Phi) is 7.21. The van der Waals surface area contributed by atoms with Crippen LogP contribution in [0.15, 0.2) is 42.6 Å². The van der Waals surface area contributed by atoms with Crippen molar-refractivity contribution in [2.75, 3.05) is 5.32 Å². The van der Waals surface area contributed by atoms with Crippen LogP contribution in [0.4, 0.5) is 28.0 Å². The number of amides is 2. The molecule has 0 saturated carbocycles. The van der Waals surface area contributed by atoms with Gasteiger partial charge in [0.1, 0.15) is 11.4 Å². The second kappa shape index (κ2) is 10.3. The van der Waals surface area contributed by atoms with Crippen molar-refractivity contribution in [1.29, 1.82) is 0 Å². The molecule has 0 bridgehead atoms. The van der Waals surface area contributed by atoms with E-state index in [9.17, 15) is 36.7 Å². The van der Waals surface area contributed by atoms with Crippen molar-refractivity contribution in [3.63, 3.8) is 0 Å². The Morgan fingerprint density at radius 1 is 1.08 bits per heavy atom. The van der Waals surface area contributed by atoms with Gasteiger partial charge >= 0.3 is 24.3 Å². The van der Waals surface area contributed by atoms with Crippen molar-refractivity contribution in [3.05, 3.63) is 75.3 Å². The fourth-order valence-electron chi connectivity index (χ4n) is 3.32. The number of hydrogen-bond donors (Lipinski definition) is 2. The Bertz CT molecular complexity index is 1690. The van der Waals surface area contributed by atoms with Crippen molar-refractivity contribution in [2.45, 2.75) is 6.18 Å². The summed E-state index contributed by atoms with van der Waals surface area (Å²) in [6.07, 6.45) is -5.33. The fourth-order valence-corrected chi connectivity index (χ4v) is 3.84. The van der Waals surface area contributed by atoms with Crippen LogP contribution in [0.3, 0.4) is 0 Å². The number of alkyl halides is 3. The van der Waals surface area contributed by atoms with Crippen molar-refractivity contribution in [2.24, 2.45) is 5.73 Å². The third kappa shape index (κ3) is 5.49. The number of hydrogen-bond acceptors (Lipinski definition) is 8. The lowest BCUT2D eigenvalue weighted by molar-refractivity contribution is -0.141. The molecule has 0 unspecified atom stereocenters. The highest BCUT2D eigenvalue weighted by Crippen LogP contribution is 2.36. The second-order valence-corrected chi connectivity index (χ2v) is 8.23. The molecule has 0 spiro atoms. The van der Waals surface area contributed by atoms with Gasteiger partial charge in [0.05, 0.1) is 26.8 Å². The van der Waals surface area contributed by atoms with Crippen molar-refractivity contribution in [1.82, 2.24) is 19.7 Å². The molecule has 0 fully saturated rings. The summed E-state index contributed by atoms with van der Waals surface area (Å²) >= 11 is 12.4. The lowest BCUT2D eigenvalue weighted by Gasteiger charge is -2.15. The molecular weight excluding hydrogens is 575 g/mol. The van der Waals surface area contributed by atoms with Crippen molar-refractivity contribution >= 4 is 63.8 Å². The third-order valence-corrected chi connectivity index (χ3v) is 5.64. The molecule has 0 saturated heterocycles. The van der Waals surface area contributed by atoms with Crippen LogP contribution in [0.1, 0.15) is 37.0 Å². The Balaban J connectivity index is 1.89. The zero-order valence-corrected chi connectivity index (χ0v) is 20.2. The molecule has 0 aliphatic carbocycles. The summed E-state index contributed by atoms with van der Waals surface area (Å²) in [5, 5.41) is 4.97. The van der Waals surface area contributed by atoms with E-state index in [-0.39, 0.29) is 21.7 Å². The number of benzene rings is 1. The Morgan fingerprint density at radius 2 is 1.79 bits per heavy atom. The summed E-state index contributed by atoms with van der Waals surface area (Å²) in [5.41, 5.74) is 0.585. The largest absolute Gasteiger partial charge is 0.435 e. The predicted molar refractivity (Wildman–Crippen MR) is 127 cm³/mol. The van der Waals surface area contributed by atoms with Gasteiger partial charge in [0, 0.05) is 17.6 Å². The van der Waals surface area contributed by atoms with Gasteiger partial charge in [-0.1, -0.05) is 23.2 Å². The second-order valence-electron chi connectivity index (χ2n) is 7.45. The highest BCUT2D eigenvalue weighted by Gasteiger charge is 2.37. The Morgan fingerprint density at radius 3 is 2.41 bits per heavy atom. The smallest absolute Gasteiger partial charge is 0.373 e. The molecule has 0 radical (unpaired) electrons. The number of pyridine rings is 2. The molecule has 200 valence electrons. The highest BCUT2D eigenvalue weighted by molar-refractivity contribution is 6.40. The van der Waals surface area contributed by atoms with Gasteiger partial charge in [-0.25, -0.2) is 24.2 Å². The number of anilines is 1. The van der Waals surface area contributed by atoms with Gasteiger partial charge in [0.15, 0.2) is 11.5 Å². The first kappa shape index (κ1) is 27.4. The number of primary amides is 1. The molecule has 3 N–H and O–H groups in total. The average molecular weight is 585 g/mol. The van der Waals surface area contributed by atoms with Crippen LogP contribution in [0.5, 0.6) is 0 Å². The van der Waals surface area contributed by atoms with Crippen LogP contribution >= 0.6 is 23.2 Å². The molecule has 3 aromatic heterocycles. The minimum absolute atomic E-state index is 0.0233. The summed E-state index contributed by atoms with van der Waals surface area (Å²) in [7, 11) is 0. The van der Waals surface area contributed by atoms with Crippen LogP contribution in [0, 0.1) is 0 Å². The molecule has 4 aromatic rings. The van der Waals surface area contributed by atoms with Gasteiger partial charge < -0.3 is 15.8 Å². The summed E-state index contributed by atoms with van der Waals surface area (Å²) in [6.45, 7) is 0. The van der Waals surface area contributed by atoms with E-state index < -0.39 is 63.5 Å². The van der Waals surface area contributed by atoms with Crippen LogP contribution in [0.25, 0.3) is 16.7 Å². The Labute approximate surface area is 223 Å². The van der Waals surface area contributed by atoms with E-state index in [1.54, 1.807) is 0 Å². The quantitative estimate of drug-likeness (QED) is 0.147. The summed E-state index contributed by atoms with van der Waals surface area (Å²) in [4.78, 5) is 55.7. The number of nitrogens with one attached hydrogen (secondary N) is 1. The standard InChI is InChI=1S/C22H10Cl2F4N6O5/c23-10-2-1-5-30-18(10)34-13(7-14(33-34)22(26,27)28)19(36)32-16-9(20(37)39-21(29)38)6-12-8(15(16)24)3-4-11(31-12)17(25)35/h1-7H,(H2,29,38)(H,32,36). The Hall–Kier alpha value is -4.63. The summed E-state index contributed by atoms with van der Waals surface area (Å²) < 4.78 is 58.4. The molecule has 3 heterocycles. The first-order valence-corrected chi connectivity index (χ1v) is 11.0. The number of halogens is 6. The molecular formula is C22H10Cl2F4N6O5. The SMILES string of the molecule is NC(=O)OC(=O)c1cc2nc(C(=O)F)ccc2c(Cl)c1NC(=O)c1cc(C(F)(F)F)nn1-c1ncccc1Cl. The predicted octanol–water partition coefficient (Wildman–Crippen LogP) is 4.74. The lowest BCUT2D eigenvalue weighted by atomic mass is 10.1. The van der Waals surface area contributed by atoms with Gasteiger partial charge in [0.2, 0.25) is 0 Å². The van der Waals surface area contributed by atoms with Gasteiger partial charge in [-0.2, -0.15) is 22.7 Å². The molecule has 0 aliphatic rings. The molecule has 0 atom stereocenters. The fraction of sp³-hybridized carbons (Fsp3) is 0.0455. The maximum Gasteiger partial charge on any atom is 0.435 e. The number of ether oxygens (including phenoxy) is 1. The zero-order valence-electron chi connectivity index (χ0n) is 18.7. The van der Waals surface area contributed by atoms with E-state index in [1.807, 2.05) is 0 Å². The van der Waals surface area contributed by atoms with E-state index in [0.717, 1.165) is 18.2 Å². The van der Waals surface area contributed by atoms with Gasteiger partial charge in [-0.3, -0.25) is 9.59 Å². The number of rotatable bonds is 5. The highest BCUT2D eigenvalue weighted by atomic mass is 35.5. The minimum Gasteiger partial charge on any atom is -0.373 e. The van der Waals surface area contributed by atoms with E-state index in [0.29, 0.717) is 10.7 Å². The maximum absolute atomic E-state index is 13.5. The zero-order chi connectivity index (χ0) is 28.6. The number of fused-ring (bicyclic) bond motifs is 1. The number of carbonyl (C=O) groups excluding carboxylic acids is 4. The van der Waals surface area contributed by atoms with Gasteiger partial charge in [-0.05, 0) is 30.3 Å². The molecule has 39 heavy (non-hydrogen) atoms. The van der Waals surface area contributed by atoms with E-state index in [1.165, 1.54) is 18.3 Å². The van der Waals surface area contributed by atoms with Crippen LogP contribution in [0.2, 0.25) is 10.0 Å². The first-order valence-electron chi connectivity index (χ1n) is 10.2. The lowest BCUT2D eigenvalue weighted by Crippen LogP contribution is -2.22. The van der Waals surface area contributed by atoms with Crippen LogP contribution in [-0.4, -0.2) is 43.8 Å². The maximum atomic E-state index is 13.5. The number of nitrogens with zero attached hydrogens (tertiary/aromatic N) is 4. The number of nitrogens with two attached hydrogens (primary N) is 1. The molecule has 4 rings (SSSR count). The molecule has 0 aliphatic heterocycles. The number of esters is 1. The normalized spacial score (nSPS) is 11.3. The van der Waals surface area contributed by atoms with Crippen molar-refractivity contribution < 1.29 is 41.5 Å². The summed E-state index contributed by atoms with van der Waals surface area (Å²) in [5.74, 6) is -3.07. The van der Waals surface area contributed by atoms with Crippen LogP contribution in [-0.2, 0) is 10.9 Å². The molecule has 2 amide bonds. The van der Waals surface area contributed by atoms with E-state index in [4.69, 9.17) is 28.9 Å². The molecule has 1 aromatic carbocycles. The van der Waals surface area contributed by atoms with E-state index >= 15 is 0 Å². The first-order chi connectivity index (χ1) is 18.3. The van der Waals surface area contributed by atoms with Gasteiger partial charge in [0.25, 0.3) is 5.91 Å². The van der Waals surface area contributed by atoms with Crippen LogP contribution < -0.4 is 11.1 Å². The third-order valence-electron chi connectivity index (χ3n) is 4.96. The van der Waals surface area contributed by atoms with Gasteiger partial charge in [-0.15, -0.1) is 0 Å². The molecule has 17 heteroatoms. The molecule has 11 nitrogen and oxygen atoms in total. The summed E-state index contributed by atoms with van der Waals surface area (Å²) in [6, 6.07) is 4.16. The number of aromatic nitrogens is 4. The minimum atomic E-state index is -4.98. The van der Waals surface area contributed by atoms with Crippen molar-refractivity contribution in [3.8, 4) is 5.82 Å². The average Bonchev–Trinajstić information content (AvgIpc) is 3.31. The number of carbonyl (C=O) groups is 4.